The number of esters is 1. The van der Waals surface area contributed by atoms with Gasteiger partial charge in [0.05, 0.1) is 24.1 Å². The van der Waals surface area contributed by atoms with Crippen LogP contribution in [0.5, 0.6) is 5.88 Å². The van der Waals surface area contributed by atoms with Crippen molar-refractivity contribution in [1.29, 1.82) is 0 Å². The Labute approximate surface area is 124 Å². The number of carbonyl (C=O) groups is 1. The highest BCUT2D eigenvalue weighted by molar-refractivity contribution is 7.73. The molecule has 0 radical (unpaired) electrons. The fourth-order valence-corrected chi connectivity index (χ4v) is 2.42. The molecule has 1 aromatic heterocycles. The van der Waals surface area contributed by atoms with E-state index in [1.165, 1.54) is 17.6 Å². The molecule has 0 aliphatic heterocycles. The number of hydrogen-bond acceptors (Lipinski definition) is 6. The maximum absolute atomic E-state index is 11.5. The van der Waals surface area contributed by atoms with E-state index in [2.05, 4.69) is 9.98 Å². The Bertz CT molecular complexity index is 686. The summed E-state index contributed by atoms with van der Waals surface area (Å²) in [5.74, 6) is -0.351. The molecule has 2 rings (SSSR count). The lowest BCUT2D eigenvalue weighted by Gasteiger charge is -2.01. The number of rotatable bonds is 4. The van der Waals surface area contributed by atoms with Crippen molar-refractivity contribution in [3.05, 3.63) is 38.7 Å². The predicted molar refractivity (Wildman–Crippen MR) is 80.8 cm³/mol. The molecular weight excluding hydrogens is 296 g/mol. The van der Waals surface area contributed by atoms with Crippen LogP contribution in [-0.2, 0) is 4.74 Å². The van der Waals surface area contributed by atoms with Crippen LogP contribution in [0.25, 0.3) is 0 Å². The Kier molecular flexibility index (Phi) is 4.65. The minimum Gasteiger partial charge on any atom is -0.494 e. The van der Waals surface area contributed by atoms with Crippen molar-refractivity contribution in [2.75, 3.05) is 6.61 Å². The Morgan fingerprint density at radius 1 is 1.50 bits per heavy atom. The van der Waals surface area contributed by atoms with Gasteiger partial charge >= 0.3 is 5.97 Å². The highest BCUT2D eigenvalue weighted by Crippen LogP contribution is 2.20. The minimum absolute atomic E-state index is 0.00638. The Morgan fingerprint density at radius 3 is 2.75 bits per heavy atom. The second-order valence-corrected chi connectivity index (χ2v) is 5.47. The normalized spacial score (nSPS) is 10.8. The number of nitrogens with one attached hydrogen (secondary N) is 1. The number of nitrogens with zero attached hydrogens (tertiary/aromatic N) is 1. The molecule has 0 saturated heterocycles. The fourth-order valence-electron chi connectivity index (χ4n) is 1.45. The van der Waals surface area contributed by atoms with Gasteiger partial charge in [-0.2, -0.15) is 0 Å². The van der Waals surface area contributed by atoms with Crippen LogP contribution in [0.3, 0.4) is 0 Å². The molecule has 0 bridgehead atoms. The van der Waals surface area contributed by atoms with Crippen molar-refractivity contribution in [3.63, 3.8) is 0 Å². The lowest BCUT2D eigenvalue weighted by Crippen LogP contribution is -2.03. The van der Waals surface area contributed by atoms with E-state index in [1.807, 2.05) is 0 Å². The van der Waals surface area contributed by atoms with Crippen molar-refractivity contribution in [2.24, 2.45) is 4.99 Å². The molecule has 7 heteroatoms. The number of thiazole rings is 1. The molecule has 5 nitrogen and oxygen atoms in total. The van der Waals surface area contributed by atoms with Crippen LogP contribution in [0.2, 0.25) is 0 Å². The zero-order chi connectivity index (χ0) is 14.5. The van der Waals surface area contributed by atoms with Gasteiger partial charge in [0.2, 0.25) is 5.88 Å². The van der Waals surface area contributed by atoms with Crippen molar-refractivity contribution < 1.29 is 14.6 Å². The van der Waals surface area contributed by atoms with Gasteiger partial charge in [0, 0.05) is 0 Å². The van der Waals surface area contributed by atoms with Crippen molar-refractivity contribution >= 4 is 41.4 Å². The first-order valence-corrected chi connectivity index (χ1v) is 7.06. The van der Waals surface area contributed by atoms with E-state index in [1.54, 1.807) is 31.2 Å². The van der Waals surface area contributed by atoms with Gasteiger partial charge in [0.25, 0.3) is 0 Å². The summed E-state index contributed by atoms with van der Waals surface area (Å²) in [6.45, 7) is 2.10. The second-order valence-electron chi connectivity index (χ2n) is 3.75. The smallest absolute Gasteiger partial charge is 0.338 e. The molecule has 2 aromatic rings. The van der Waals surface area contributed by atoms with Gasteiger partial charge in [-0.05, 0) is 43.4 Å². The van der Waals surface area contributed by atoms with Crippen LogP contribution < -0.4 is 0 Å². The third kappa shape index (κ3) is 3.52. The Balaban J connectivity index is 2.13. The van der Waals surface area contributed by atoms with Crippen LogP contribution in [0.1, 0.15) is 22.2 Å². The van der Waals surface area contributed by atoms with Crippen molar-refractivity contribution in [1.82, 2.24) is 4.98 Å². The molecule has 20 heavy (non-hydrogen) atoms. The molecule has 2 N–H and O–H groups in total. The average molecular weight is 308 g/mol. The largest absolute Gasteiger partial charge is 0.494 e. The van der Waals surface area contributed by atoms with Gasteiger partial charge in [0.1, 0.15) is 4.88 Å². The highest BCUT2D eigenvalue weighted by atomic mass is 32.1. The number of ether oxygens (including phenoxy) is 1. The number of aromatic amines is 1. The van der Waals surface area contributed by atoms with E-state index >= 15 is 0 Å². The minimum atomic E-state index is -0.357. The van der Waals surface area contributed by atoms with E-state index in [4.69, 9.17) is 17.0 Å². The van der Waals surface area contributed by atoms with E-state index in [-0.39, 0.29) is 11.8 Å². The molecule has 0 spiro atoms. The number of aliphatic imine (C=N–C) groups is 1. The van der Waals surface area contributed by atoms with Crippen LogP contribution >= 0.6 is 23.6 Å². The monoisotopic (exact) mass is 308 g/mol. The zero-order valence-electron chi connectivity index (χ0n) is 10.6. The molecule has 1 aromatic carbocycles. The van der Waals surface area contributed by atoms with Gasteiger partial charge in [0.15, 0.2) is 3.95 Å². The molecule has 0 amide bonds. The molecular formula is C13H12N2O3S2. The molecule has 0 atom stereocenters. The molecule has 0 aliphatic rings. The summed E-state index contributed by atoms with van der Waals surface area (Å²) in [6, 6.07) is 6.69. The van der Waals surface area contributed by atoms with Crippen LogP contribution in [0.15, 0.2) is 29.3 Å². The van der Waals surface area contributed by atoms with E-state index in [0.29, 0.717) is 26.7 Å². The number of benzene rings is 1. The maximum Gasteiger partial charge on any atom is 0.338 e. The summed E-state index contributed by atoms with van der Waals surface area (Å²) in [5.41, 5.74) is 1.14. The standard InChI is InChI=1S/C13H12N2O3S2/c1-2-18-12(17)8-3-5-9(6-4-8)14-7-10-11(16)15-13(19)20-10/h3-7,16H,2H2,1H3,(H,15,19). The number of hydrogen-bond donors (Lipinski definition) is 2. The third-order valence-corrected chi connectivity index (χ3v) is 3.52. The lowest BCUT2D eigenvalue weighted by atomic mass is 10.2. The maximum atomic E-state index is 11.5. The SMILES string of the molecule is CCOC(=O)c1ccc(N=Cc2sc(=S)[nH]c2O)cc1. The van der Waals surface area contributed by atoms with Crippen LogP contribution in [0.4, 0.5) is 5.69 Å². The first-order valence-electron chi connectivity index (χ1n) is 5.83. The molecule has 0 fully saturated rings. The summed E-state index contributed by atoms with van der Waals surface area (Å²) in [7, 11) is 0. The van der Waals surface area contributed by atoms with Crippen molar-refractivity contribution in [3.8, 4) is 5.88 Å². The molecule has 0 saturated carbocycles. The summed E-state index contributed by atoms with van der Waals surface area (Å²) < 4.78 is 5.38. The predicted octanol–water partition coefficient (Wildman–Crippen LogP) is 3.44. The summed E-state index contributed by atoms with van der Waals surface area (Å²) in [4.78, 5) is 18.9. The number of aromatic nitrogens is 1. The molecule has 104 valence electrons. The van der Waals surface area contributed by atoms with Gasteiger partial charge in [-0.1, -0.05) is 11.3 Å². The van der Waals surface area contributed by atoms with E-state index in [9.17, 15) is 9.90 Å². The third-order valence-electron chi connectivity index (χ3n) is 2.37. The summed E-state index contributed by atoms with van der Waals surface area (Å²) in [6.07, 6.45) is 1.52. The Hall–Kier alpha value is -1.99. The fraction of sp³-hybridized carbons (Fsp3) is 0.154. The topological polar surface area (TPSA) is 74.7 Å². The van der Waals surface area contributed by atoms with E-state index < -0.39 is 0 Å². The van der Waals surface area contributed by atoms with Crippen molar-refractivity contribution in [2.45, 2.75) is 6.92 Å². The first kappa shape index (κ1) is 14.4. The van der Waals surface area contributed by atoms with Crippen LogP contribution in [0, 0.1) is 3.95 Å². The van der Waals surface area contributed by atoms with Gasteiger partial charge in [-0.3, -0.25) is 4.99 Å². The summed E-state index contributed by atoms with van der Waals surface area (Å²) >= 11 is 6.15. The lowest BCUT2D eigenvalue weighted by molar-refractivity contribution is 0.0526. The molecule has 1 heterocycles. The highest BCUT2D eigenvalue weighted by Gasteiger charge is 2.05. The number of H-pyrrole nitrogens is 1. The van der Waals surface area contributed by atoms with Gasteiger partial charge < -0.3 is 14.8 Å². The molecule has 0 unspecified atom stereocenters. The van der Waals surface area contributed by atoms with Crippen LogP contribution in [-0.4, -0.2) is 28.9 Å². The second kappa shape index (κ2) is 6.44. The van der Waals surface area contributed by atoms with Gasteiger partial charge in [-0.15, -0.1) is 0 Å². The first-order chi connectivity index (χ1) is 9.60. The zero-order valence-corrected chi connectivity index (χ0v) is 12.3. The van der Waals surface area contributed by atoms with Gasteiger partial charge in [-0.25, -0.2) is 4.79 Å². The Morgan fingerprint density at radius 2 is 2.20 bits per heavy atom. The number of carbonyl (C=O) groups excluding carboxylic acids is 1. The van der Waals surface area contributed by atoms with E-state index in [0.717, 1.165) is 0 Å². The quantitative estimate of drug-likeness (QED) is 0.515. The summed E-state index contributed by atoms with van der Waals surface area (Å²) in [5, 5.41) is 9.52. The molecule has 0 aliphatic carbocycles. The average Bonchev–Trinajstić information content (AvgIpc) is 2.75. The number of aromatic hydroxyl groups is 1.